The van der Waals surface area contributed by atoms with E-state index in [1.165, 1.54) is 6.26 Å². The lowest BCUT2D eigenvalue weighted by molar-refractivity contribution is -0.157. The van der Waals surface area contributed by atoms with Crippen LogP contribution in [0.15, 0.2) is 45.8 Å². The first-order valence-corrected chi connectivity index (χ1v) is 8.92. The van der Waals surface area contributed by atoms with E-state index in [-0.39, 0.29) is 18.1 Å². The van der Waals surface area contributed by atoms with Gasteiger partial charge in [0.2, 0.25) is 11.5 Å². The quantitative estimate of drug-likeness (QED) is 0.616. The second kappa shape index (κ2) is 6.14. The standard InChI is InChI=1S/C19H19N3O6/c1-19-14(10-8-25-13-12(10)21-18(20)22-16(13)24)26-11(7-23)15(19)27-17(28-19)9-5-3-2-4-6-9/h2-6,8,11,14-15,17,23H,7H2,1H3,(H3,20,21,22,24)/t11-,14+,15-,17?,19+/m1/s1. The van der Waals surface area contributed by atoms with E-state index in [9.17, 15) is 9.90 Å². The van der Waals surface area contributed by atoms with Crippen LogP contribution in [0.25, 0.3) is 11.1 Å². The second-order valence-electron chi connectivity index (χ2n) is 7.16. The lowest BCUT2D eigenvalue weighted by Gasteiger charge is -2.27. The molecule has 2 aliphatic rings. The molecule has 5 rings (SSSR count). The molecule has 9 heteroatoms. The number of nitrogens with one attached hydrogen (secondary N) is 1. The molecular formula is C19H19N3O6. The molecule has 0 saturated carbocycles. The minimum absolute atomic E-state index is 0.0238. The van der Waals surface area contributed by atoms with Crippen molar-refractivity contribution in [1.29, 1.82) is 0 Å². The number of aliphatic hydroxyl groups is 1. The van der Waals surface area contributed by atoms with Gasteiger partial charge in [0.1, 0.15) is 29.4 Å². The normalized spacial score (nSPS) is 32.1. The molecule has 0 aliphatic carbocycles. The Morgan fingerprint density at radius 1 is 1.29 bits per heavy atom. The number of furan rings is 1. The summed E-state index contributed by atoms with van der Waals surface area (Å²) in [6, 6.07) is 9.54. The molecule has 5 atom stereocenters. The van der Waals surface area contributed by atoms with Gasteiger partial charge in [-0.2, -0.15) is 0 Å². The Morgan fingerprint density at radius 2 is 2.07 bits per heavy atom. The summed E-state index contributed by atoms with van der Waals surface area (Å²) in [6.07, 6.45) is -0.974. The summed E-state index contributed by atoms with van der Waals surface area (Å²) < 4.78 is 23.9. The monoisotopic (exact) mass is 385 g/mol. The van der Waals surface area contributed by atoms with E-state index in [0.29, 0.717) is 11.1 Å². The Balaban J connectivity index is 1.59. The third kappa shape index (κ3) is 2.41. The van der Waals surface area contributed by atoms with Crippen molar-refractivity contribution >= 4 is 17.0 Å². The van der Waals surface area contributed by atoms with Gasteiger partial charge in [0.25, 0.3) is 5.56 Å². The first-order chi connectivity index (χ1) is 13.5. The molecule has 146 valence electrons. The van der Waals surface area contributed by atoms with Gasteiger partial charge < -0.3 is 29.5 Å². The highest BCUT2D eigenvalue weighted by Crippen LogP contribution is 2.54. The molecule has 4 heterocycles. The molecular weight excluding hydrogens is 366 g/mol. The van der Waals surface area contributed by atoms with Crippen LogP contribution in [0.2, 0.25) is 0 Å². The number of ether oxygens (including phenoxy) is 3. The predicted molar refractivity (Wildman–Crippen MR) is 97.3 cm³/mol. The highest BCUT2D eigenvalue weighted by atomic mass is 16.8. The van der Waals surface area contributed by atoms with Gasteiger partial charge in [-0.1, -0.05) is 30.3 Å². The van der Waals surface area contributed by atoms with Gasteiger partial charge in [-0.05, 0) is 6.92 Å². The van der Waals surface area contributed by atoms with Crippen LogP contribution in [0, 0.1) is 0 Å². The van der Waals surface area contributed by atoms with E-state index in [0.717, 1.165) is 5.56 Å². The number of benzene rings is 1. The van der Waals surface area contributed by atoms with Crippen molar-refractivity contribution in [2.75, 3.05) is 12.3 Å². The number of nitrogens with zero attached hydrogens (tertiary/aromatic N) is 1. The zero-order chi connectivity index (χ0) is 19.5. The van der Waals surface area contributed by atoms with Crippen molar-refractivity contribution in [3.05, 3.63) is 58.1 Å². The van der Waals surface area contributed by atoms with Gasteiger partial charge >= 0.3 is 0 Å². The summed E-state index contributed by atoms with van der Waals surface area (Å²) in [5.41, 5.74) is 6.04. The summed E-state index contributed by atoms with van der Waals surface area (Å²) >= 11 is 0. The number of hydrogen-bond acceptors (Lipinski definition) is 8. The summed E-state index contributed by atoms with van der Waals surface area (Å²) in [4.78, 5) is 18.7. The Hall–Kier alpha value is -2.72. The largest absolute Gasteiger partial charge is 0.456 e. The lowest BCUT2D eigenvalue weighted by Crippen LogP contribution is -2.40. The van der Waals surface area contributed by atoms with Gasteiger partial charge in [-0.15, -0.1) is 0 Å². The van der Waals surface area contributed by atoms with Crippen molar-refractivity contribution < 1.29 is 23.7 Å². The predicted octanol–water partition coefficient (Wildman–Crippen LogP) is 1.40. The highest BCUT2D eigenvalue weighted by molar-refractivity contribution is 5.77. The first kappa shape index (κ1) is 17.4. The number of rotatable bonds is 3. The Labute approximate surface area is 159 Å². The average Bonchev–Trinajstić information content (AvgIpc) is 3.32. The van der Waals surface area contributed by atoms with Crippen molar-refractivity contribution in [2.24, 2.45) is 0 Å². The van der Waals surface area contributed by atoms with Crippen LogP contribution in [-0.2, 0) is 14.2 Å². The van der Waals surface area contributed by atoms with E-state index in [1.54, 1.807) is 0 Å². The summed E-state index contributed by atoms with van der Waals surface area (Å²) in [5, 5.41) is 9.83. The number of fused-ring (bicyclic) bond motifs is 2. The van der Waals surface area contributed by atoms with Crippen molar-refractivity contribution in [2.45, 2.75) is 37.1 Å². The van der Waals surface area contributed by atoms with Gasteiger partial charge in [0.05, 0.1) is 12.9 Å². The number of aromatic nitrogens is 2. The van der Waals surface area contributed by atoms with E-state index in [1.807, 2.05) is 37.3 Å². The van der Waals surface area contributed by atoms with Gasteiger partial charge in [0, 0.05) is 11.1 Å². The zero-order valence-electron chi connectivity index (χ0n) is 15.0. The molecule has 2 fully saturated rings. The maximum atomic E-state index is 12.1. The van der Waals surface area contributed by atoms with E-state index in [2.05, 4.69) is 9.97 Å². The number of aromatic amines is 1. The van der Waals surface area contributed by atoms with Crippen LogP contribution in [0.4, 0.5) is 5.95 Å². The molecule has 0 bridgehead atoms. The molecule has 0 spiro atoms. The Morgan fingerprint density at radius 3 is 2.82 bits per heavy atom. The second-order valence-corrected chi connectivity index (χ2v) is 7.16. The number of anilines is 1. The fourth-order valence-corrected chi connectivity index (χ4v) is 4.07. The summed E-state index contributed by atoms with van der Waals surface area (Å²) in [5.74, 6) is -0.0238. The number of hydrogen-bond donors (Lipinski definition) is 3. The number of aliphatic hydroxyl groups excluding tert-OH is 1. The number of H-pyrrole nitrogens is 1. The van der Waals surface area contributed by atoms with Gasteiger partial charge in [-0.3, -0.25) is 9.78 Å². The average molecular weight is 385 g/mol. The van der Waals surface area contributed by atoms with Crippen molar-refractivity contribution in [1.82, 2.24) is 9.97 Å². The molecule has 3 aromatic rings. The molecule has 2 aromatic heterocycles. The first-order valence-electron chi connectivity index (χ1n) is 8.92. The molecule has 4 N–H and O–H groups in total. The summed E-state index contributed by atoms with van der Waals surface area (Å²) in [6.45, 7) is 1.61. The van der Waals surface area contributed by atoms with Gasteiger partial charge in [0.15, 0.2) is 6.29 Å². The highest BCUT2D eigenvalue weighted by Gasteiger charge is 2.62. The smallest absolute Gasteiger partial charge is 0.295 e. The molecule has 2 aliphatic heterocycles. The third-order valence-corrected chi connectivity index (χ3v) is 5.37. The third-order valence-electron chi connectivity index (χ3n) is 5.37. The van der Waals surface area contributed by atoms with Crippen LogP contribution in [-0.4, -0.2) is 39.5 Å². The fourth-order valence-electron chi connectivity index (χ4n) is 4.07. The molecule has 1 aromatic carbocycles. The van der Waals surface area contributed by atoms with Gasteiger partial charge in [-0.25, -0.2) is 4.98 Å². The molecule has 1 unspecified atom stereocenters. The molecule has 9 nitrogen and oxygen atoms in total. The maximum absolute atomic E-state index is 12.1. The minimum Gasteiger partial charge on any atom is -0.456 e. The van der Waals surface area contributed by atoms with E-state index < -0.39 is 35.8 Å². The van der Waals surface area contributed by atoms with Crippen LogP contribution >= 0.6 is 0 Å². The SMILES string of the molecule is C[C@@]12OC(c3ccccc3)O[C@@H]1[C@@H](CO)O[C@H]2c1coc2c(=O)[nH]c(N)nc12. The van der Waals surface area contributed by atoms with E-state index >= 15 is 0 Å². The van der Waals surface area contributed by atoms with Crippen molar-refractivity contribution in [3.63, 3.8) is 0 Å². The fraction of sp³-hybridized carbons (Fsp3) is 0.368. The molecule has 2 saturated heterocycles. The minimum atomic E-state index is -0.927. The van der Waals surface area contributed by atoms with Crippen LogP contribution in [0.3, 0.4) is 0 Å². The Bertz CT molecular complexity index is 1080. The Kier molecular flexibility index (Phi) is 3.81. The van der Waals surface area contributed by atoms with Crippen LogP contribution in [0.1, 0.15) is 30.4 Å². The summed E-state index contributed by atoms with van der Waals surface area (Å²) in [7, 11) is 0. The topological polar surface area (TPSA) is 133 Å². The maximum Gasteiger partial charge on any atom is 0.295 e. The van der Waals surface area contributed by atoms with E-state index in [4.69, 9.17) is 24.4 Å². The number of nitrogens with two attached hydrogens (primary N) is 1. The lowest BCUT2D eigenvalue weighted by atomic mass is 9.89. The number of nitrogen functional groups attached to an aromatic ring is 1. The molecule has 0 amide bonds. The van der Waals surface area contributed by atoms with Crippen molar-refractivity contribution in [3.8, 4) is 0 Å². The van der Waals surface area contributed by atoms with Crippen LogP contribution in [0.5, 0.6) is 0 Å². The molecule has 28 heavy (non-hydrogen) atoms. The molecule has 0 radical (unpaired) electrons. The van der Waals surface area contributed by atoms with Crippen LogP contribution < -0.4 is 11.3 Å². The zero-order valence-corrected chi connectivity index (χ0v) is 15.0.